The lowest BCUT2D eigenvalue weighted by Crippen LogP contribution is -2.34. The van der Waals surface area contributed by atoms with E-state index in [1.54, 1.807) is 35.0 Å². The smallest absolute Gasteiger partial charge is 0.337 e. The highest BCUT2D eigenvalue weighted by Crippen LogP contribution is 2.31. The SMILES string of the molecule is COC(=O)c1cccc(COc2ccccc2-c2ccn([C@H]3CCCC[C@@H]3O)c(=O)c2)c1. The van der Waals surface area contributed by atoms with Gasteiger partial charge in [-0.1, -0.05) is 43.2 Å². The summed E-state index contributed by atoms with van der Waals surface area (Å²) in [6, 6.07) is 18.0. The number of esters is 1. The van der Waals surface area contributed by atoms with Crippen molar-refractivity contribution in [2.75, 3.05) is 7.11 Å². The van der Waals surface area contributed by atoms with E-state index in [0.29, 0.717) is 11.3 Å². The minimum absolute atomic E-state index is 0.131. The zero-order chi connectivity index (χ0) is 22.5. The van der Waals surface area contributed by atoms with Crippen molar-refractivity contribution in [1.82, 2.24) is 4.57 Å². The molecule has 1 fully saturated rings. The molecule has 1 aromatic heterocycles. The lowest BCUT2D eigenvalue weighted by atomic mass is 9.92. The molecule has 6 nitrogen and oxygen atoms in total. The van der Waals surface area contributed by atoms with E-state index in [9.17, 15) is 14.7 Å². The van der Waals surface area contributed by atoms with Gasteiger partial charge < -0.3 is 19.1 Å². The first-order valence-electron chi connectivity index (χ1n) is 10.9. The zero-order valence-corrected chi connectivity index (χ0v) is 18.1. The summed E-state index contributed by atoms with van der Waals surface area (Å²) in [6.45, 7) is 0.271. The summed E-state index contributed by atoms with van der Waals surface area (Å²) < 4.78 is 12.5. The first kappa shape index (κ1) is 21.8. The van der Waals surface area contributed by atoms with Gasteiger partial charge >= 0.3 is 5.97 Å². The van der Waals surface area contributed by atoms with Crippen LogP contribution >= 0.6 is 0 Å². The van der Waals surface area contributed by atoms with Crippen molar-refractivity contribution in [2.45, 2.75) is 44.4 Å². The van der Waals surface area contributed by atoms with Crippen LogP contribution in [0, 0.1) is 0 Å². The number of pyridine rings is 1. The number of para-hydroxylation sites is 1. The first-order chi connectivity index (χ1) is 15.6. The molecule has 0 unspecified atom stereocenters. The maximum absolute atomic E-state index is 12.8. The maximum atomic E-state index is 12.8. The average molecular weight is 434 g/mol. The highest BCUT2D eigenvalue weighted by molar-refractivity contribution is 5.89. The average Bonchev–Trinajstić information content (AvgIpc) is 2.83. The first-order valence-corrected chi connectivity index (χ1v) is 10.9. The minimum Gasteiger partial charge on any atom is -0.488 e. The zero-order valence-electron chi connectivity index (χ0n) is 18.1. The molecule has 32 heavy (non-hydrogen) atoms. The molecule has 6 heteroatoms. The predicted molar refractivity (Wildman–Crippen MR) is 122 cm³/mol. The number of aromatic nitrogens is 1. The number of methoxy groups -OCH3 is 1. The number of aliphatic hydroxyl groups excluding tert-OH is 1. The van der Waals surface area contributed by atoms with Crippen LogP contribution in [0.1, 0.15) is 47.6 Å². The van der Waals surface area contributed by atoms with Crippen molar-refractivity contribution < 1.29 is 19.4 Å². The van der Waals surface area contributed by atoms with Gasteiger partial charge in [0.25, 0.3) is 5.56 Å². The Balaban J connectivity index is 1.56. The van der Waals surface area contributed by atoms with Crippen molar-refractivity contribution in [3.63, 3.8) is 0 Å². The van der Waals surface area contributed by atoms with Crippen LogP contribution in [0.15, 0.2) is 71.7 Å². The molecule has 0 saturated heterocycles. The van der Waals surface area contributed by atoms with E-state index in [1.807, 2.05) is 36.4 Å². The summed E-state index contributed by atoms with van der Waals surface area (Å²) in [5, 5.41) is 10.3. The second kappa shape index (κ2) is 9.83. The van der Waals surface area contributed by atoms with E-state index < -0.39 is 12.1 Å². The van der Waals surface area contributed by atoms with Crippen molar-refractivity contribution >= 4 is 5.97 Å². The summed E-state index contributed by atoms with van der Waals surface area (Å²) in [5.74, 6) is 0.252. The number of nitrogens with zero attached hydrogens (tertiary/aromatic N) is 1. The highest BCUT2D eigenvalue weighted by atomic mass is 16.5. The van der Waals surface area contributed by atoms with Crippen LogP contribution in [0.3, 0.4) is 0 Å². The van der Waals surface area contributed by atoms with Gasteiger partial charge in [-0.15, -0.1) is 0 Å². The number of hydrogen-bond acceptors (Lipinski definition) is 5. The Bertz CT molecular complexity index is 1150. The van der Waals surface area contributed by atoms with Gasteiger partial charge in [-0.3, -0.25) is 4.79 Å². The molecule has 0 spiro atoms. The molecular weight excluding hydrogens is 406 g/mol. The molecule has 0 bridgehead atoms. The normalized spacial score (nSPS) is 18.2. The molecule has 1 aliphatic rings. The standard InChI is InChI=1S/C26H27NO5/c1-31-26(30)20-8-6-7-18(15-20)17-32-24-12-5-2-9-21(24)19-13-14-27(25(29)16-19)22-10-3-4-11-23(22)28/h2,5-9,12-16,22-23,28H,3-4,10-11,17H2,1H3/t22-,23-/m0/s1. The van der Waals surface area contributed by atoms with Crippen molar-refractivity contribution in [3.8, 4) is 16.9 Å². The van der Waals surface area contributed by atoms with Crippen molar-refractivity contribution in [3.05, 3.63) is 88.3 Å². The molecule has 2 aromatic carbocycles. The van der Waals surface area contributed by atoms with Crippen molar-refractivity contribution in [2.24, 2.45) is 0 Å². The Morgan fingerprint density at radius 2 is 1.88 bits per heavy atom. The topological polar surface area (TPSA) is 77.8 Å². The highest BCUT2D eigenvalue weighted by Gasteiger charge is 2.25. The number of hydrogen-bond donors (Lipinski definition) is 1. The number of aliphatic hydroxyl groups is 1. The Labute approximate surface area is 187 Å². The predicted octanol–water partition coefficient (Wildman–Crippen LogP) is 4.36. The Morgan fingerprint density at radius 3 is 2.66 bits per heavy atom. The number of carbonyl (C=O) groups is 1. The van der Waals surface area contributed by atoms with Gasteiger partial charge in [0.15, 0.2) is 0 Å². The van der Waals surface area contributed by atoms with Crippen LogP contribution < -0.4 is 10.3 Å². The van der Waals surface area contributed by atoms with Crippen LogP contribution in [0.2, 0.25) is 0 Å². The third kappa shape index (κ3) is 4.75. The molecule has 1 saturated carbocycles. The third-order valence-corrected chi connectivity index (χ3v) is 5.94. The van der Waals surface area contributed by atoms with Gasteiger partial charge in [-0.05, 0) is 48.2 Å². The fourth-order valence-electron chi connectivity index (χ4n) is 4.25. The molecule has 3 aromatic rings. The van der Waals surface area contributed by atoms with Crippen LogP contribution in [0.5, 0.6) is 5.75 Å². The van der Waals surface area contributed by atoms with E-state index in [2.05, 4.69) is 0 Å². The van der Waals surface area contributed by atoms with E-state index in [4.69, 9.17) is 9.47 Å². The van der Waals surface area contributed by atoms with E-state index in [-0.39, 0.29) is 18.2 Å². The van der Waals surface area contributed by atoms with E-state index in [0.717, 1.165) is 42.4 Å². The van der Waals surface area contributed by atoms with Crippen molar-refractivity contribution in [1.29, 1.82) is 0 Å². The largest absolute Gasteiger partial charge is 0.488 e. The molecule has 1 N–H and O–H groups in total. The minimum atomic E-state index is -0.483. The third-order valence-electron chi connectivity index (χ3n) is 5.94. The lowest BCUT2D eigenvalue weighted by Gasteiger charge is -2.29. The Kier molecular flexibility index (Phi) is 6.71. The summed E-state index contributed by atoms with van der Waals surface area (Å²) in [6.07, 6.45) is 4.84. The number of benzene rings is 2. The Hall–Kier alpha value is -3.38. The van der Waals surface area contributed by atoms with Crippen LogP contribution in [0.4, 0.5) is 0 Å². The van der Waals surface area contributed by atoms with E-state index in [1.165, 1.54) is 7.11 Å². The van der Waals surface area contributed by atoms with Gasteiger partial charge in [0.05, 0.1) is 24.8 Å². The van der Waals surface area contributed by atoms with Gasteiger partial charge in [0, 0.05) is 17.8 Å². The second-order valence-electron chi connectivity index (χ2n) is 8.06. The van der Waals surface area contributed by atoms with Crippen LogP contribution in [-0.2, 0) is 11.3 Å². The van der Waals surface area contributed by atoms with E-state index >= 15 is 0 Å². The van der Waals surface area contributed by atoms with Gasteiger partial charge in [0.1, 0.15) is 12.4 Å². The molecule has 0 amide bonds. The van der Waals surface area contributed by atoms with Gasteiger partial charge in [-0.25, -0.2) is 4.79 Å². The molecule has 1 aliphatic carbocycles. The quantitative estimate of drug-likeness (QED) is 0.585. The number of rotatable bonds is 6. The maximum Gasteiger partial charge on any atom is 0.337 e. The summed E-state index contributed by atoms with van der Waals surface area (Å²) in [5.41, 5.74) is 2.74. The fraction of sp³-hybridized carbons (Fsp3) is 0.308. The lowest BCUT2D eigenvalue weighted by molar-refractivity contribution is 0.0600. The number of carbonyl (C=O) groups excluding carboxylic acids is 1. The summed E-state index contributed by atoms with van der Waals surface area (Å²) in [4.78, 5) is 24.6. The fourth-order valence-corrected chi connectivity index (χ4v) is 4.25. The second-order valence-corrected chi connectivity index (χ2v) is 8.06. The number of ether oxygens (including phenoxy) is 2. The Morgan fingerprint density at radius 1 is 1.06 bits per heavy atom. The molecule has 4 rings (SSSR count). The molecule has 0 aliphatic heterocycles. The molecular formula is C26H27NO5. The molecule has 0 radical (unpaired) electrons. The summed E-state index contributed by atoms with van der Waals surface area (Å²) >= 11 is 0. The monoisotopic (exact) mass is 433 g/mol. The van der Waals surface area contributed by atoms with Gasteiger partial charge in [0.2, 0.25) is 0 Å². The molecule has 1 heterocycles. The van der Waals surface area contributed by atoms with Gasteiger partial charge in [-0.2, -0.15) is 0 Å². The molecule has 166 valence electrons. The van der Waals surface area contributed by atoms with Crippen LogP contribution in [-0.4, -0.2) is 28.9 Å². The molecule has 2 atom stereocenters. The summed E-state index contributed by atoms with van der Waals surface area (Å²) in [7, 11) is 1.35. The van der Waals surface area contributed by atoms with Crippen LogP contribution in [0.25, 0.3) is 11.1 Å².